The first-order valence-corrected chi connectivity index (χ1v) is 8.27. The van der Waals surface area contributed by atoms with Crippen molar-refractivity contribution in [3.8, 4) is 0 Å². The third kappa shape index (κ3) is 4.85. The van der Waals surface area contributed by atoms with Crippen LogP contribution >= 0.6 is 27.3 Å². The highest BCUT2D eigenvalue weighted by Gasteiger charge is 2.07. The maximum Gasteiger partial charge on any atom is 0.205 e. The van der Waals surface area contributed by atoms with Crippen LogP contribution in [0, 0.1) is 0 Å². The molecule has 2 aromatic rings. The molecule has 20 heavy (non-hydrogen) atoms. The Kier molecular flexibility index (Phi) is 5.94. The van der Waals surface area contributed by atoms with Crippen LogP contribution in [0.25, 0.3) is 0 Å². The standard InChI is InChI=1S/C14H19BrN4S/c1-3-7-16-14-18-17-13(20-14)10-19(2)9-11-5-4-6-12(15)8-11/h4-6,8H,3,7,9-10H2,1-2H3,(H,16,18). The molecule has 0 unspecified atom stereocenters. The molecular weight excluding hydrogens is 336 g/mol. The summed E-state index contributed by atoms with van der Waals surface area (Å²) >= 11 is 5.13. The molecule has 0 atom stereocenters. The fourth-order valence-corrected chi connectivity index (χ4v) is 3.15. The Bertz CT molecular complexity index is 543. The van der Waals surface area contributed by atoms with Crippen molar-refractivity contribution in [2.24, 2.45) is 0 Å². The van der Waals surface area contributed by atoms with Gasteiger partial charge in [-0.05, 0) is 31.2 Å². The molecule has 0 radical (unpaired) electrons. The van der Waals surface area contributed by atoms with E-state index in [1.807, 2.05) is 6.07 Å². The summed E-state index contributed by atoms with van der Waals surface area (Å²) in [6.45, 7) is 4.80. The second kappa shape index (κ2) is 7.71. The van der Waals surface area contributed by atoms with Gasteiger partial charge in [0.15, 0.2) is 0 Å². The van der Waals surface area contributed by atoms with E-state index < -0.39 is 0 Å². The van der Waals surface area contributed by atoms with E-state index in [1.165, 1.54) is 5.56 Å². The Morgan fingerprint density at radius 1 is 1.30 bits per heavy atom. The van der Waals surface area contributed by atoms with Crippen LogP contribution in [0.15, 0.2) is 28.7 Å². The highest BCUT2D eigenvalue weighted by molar-refractivity contribution is 9.10. The lowest BCUT2D eigenvalue weighted by molar-refractivity contribution is 0.317. The minimum atomic E-state index is 0.817. The molecule has 0 spiro atoms. The maximum atomic E-state index is 4.22. The monoisotopic (exact) mass is 354 g/mol. The number of benzene rings is 1. The Morgan fingerprint density at radius 2 is 2.15 bits per heavy atom. The molecule has 0 aliphatic carbocycles. The molecule has 1 aromatic carbocycles. The van der Waals surface area contributed by atoms with Gasteiger partial charge in [0, 0.05) is 17.6 Å². The van der Waals surface area contributed by atoms with E-state index in [1.54, 1.807) is 11.3 Å². The summed E-state index contributed by atoms with van der Waals surface area (Å²) in [6.07, 6.45) is 1.09. The van der Waals surface area contributed by atoms with Crippen molar-refractivity contribution in [3.63, 3.8) is 0 Å². The molecule has 1 N–H and O–H groups in total. The average molecular weight is 355 g/mol. The lowest BCUT2D eigenvalue weighted by Gasteiger charge is -2.14. The van der Waals surface area contributed by atoms with Gasteiger partial charge in [0.05, 0.1) is 6.54 Å². The largest absolute Gasteiger partial charge is 0.360 e. The quantitative estimate of drug-likeness (QED) is 0.821. The zero-order valence-corrected chi connectivity index (χ0v) is 14.2. The summed E-state index contributed by atoms with van der Waals surface area (Å²) < 4.78 is 1.12. The predicted octanol–water partition coefficient (Wildman–Crippen LogP) is 3.75. The molecule has 1 aromatic heterocycles. The van der Waals surface area contributed by atoms with Gasteiger partial charge in [-0.15, -0.1) is 10.2 Å². The summed E-state index contributed by atoms with van der Waals surface area (Å²) in [6, 6.07) is 8.38. The Labute approximate surface area is 132 Å². The normalized spacial score (nSPS) is 11.0. The van der Waals surface area contributed by atoms with Crippen molar-refractivity contribution in [1.29, 1.82) is 0 Å². The number of nitrogens with zero attached hydrogens (tertiary/aromatic N) is 3. The van der Waals surface area contributed by atoms with E-state index in [9.17, 15) is 0 Å². The van der Waals surface area contributed by atoms with Crippen molar-refractivity contribution in [2.45, 2.75) is 26.4 Å². The third-order valence-corrected chi connectivity index (χ3v) is 4.10. The summed E-state index contributed by atoms with van der Waals surface area (Å²) in [4.78, 5) is 2.24. The molecule has 0 saturated heterocycles. The molecule has 108 valence electrons. The lowest BCUT2D eigenvalue weighted by atomic mass is 10.2. The van der Waals surface area contributed by atoms with Crippen LogP contribution < -0.4 is 5.32 Å². The van der Waals surface area contributed by atoms with Gasteiger partial charge in [-0.25, -0.2) is 0 Å². The fourth-order valence-electron chi connectivity index (χ4n) is 1.85. The van der Waals surface area contributed by atoms with Gasteiger partial charge in [0.2, 0.25) is 5.13 Å². The highest BCUT2D eigenvalue weighted by Crippen LogP contribution is 2.18. The van der Waals surface area contributed by atoms with E-state index in [0.29, 0.717) is 0 Å². The van der Waals surface area contributed by atoms with E-state index in [2.05, 4.69) is 68.5 Å². The fraction of sp³-hybridized carbons (Fsp3) is 0.429. The van der Waals surface area contributed by atoms with Gasteiger partial charge in [0.1, 0.15) is 5.01 Å². The van der Waals surface area contributed by atoms with Crippen LogP contribution in [-0.4, -0.2) is 28.7 Å². The molecule has 6 heteroatoms. The smallest absolute Gasteiger partial charge is 0.205 e. The van der Waals surface area contributed by atoms with Crippen molar-refractivity contribution in [2.75, 3.05) is 18.9 Å². The molecule has 0 fully saturated rings. The third-order valence-electron chi connectivity index (χ3n) is 2.74. The van der Waals surface area contributed by atoms with Gasteiger partial charge in [-0.1, -0.05) is 46.3 Å². The number of anilines is 1. The van der Waals surface area contributed by atoms with E-state index in [0.717, 1.165) is 40.7 Å². The molecular formula is C14H19BrN4S. The maximum absolute atomic E-state index is 4.22. The van der Waals surface area contributed by atoms with Crippen molar-refractivity contribution in [3.05, 3.63) is 39.3 Å². The Balaban J connectivity index is 1.87. The molecule has 0 aliphatic rings. The first kappa shape index (κ1) is 15.4. The average Bonchev–Trinajstić information content (AvgIpc) is 2.83. The highest BCUT2D eigenvalue weighted by atomic mass is 79.9. The topological polar surface area (TPSA) is 41.1 Å². The van der Waals surface area contributed by atoms with Crippen LogP contribution in [-0.2, 0) is 13.1 Å². The molecule has 4 nitrogen and oxygen atoms in total. The minimum Gasteiger partial charge on any atom is -0.360 e. The summed E-state index contributed by atoms with van der Waals surface area (Å²) in [5, 5.41) is 13.6. The SMILES string of the molecule is CCCNc1nnc(CN(C)Cc2cccc(Br)c2)s1. The molecule has 1 heterocycles. The van der Waals surface area contributed by atoms with Crippen LogP contribution in [0.4, 0.5) is 5.13 Å². The van der Waals surface area contributed by atoms with Crippen LogP contribution in [0.2, 0.25) is 0 Å². The molecule has 0 aliphatic heterocycles. The predicted molar refractivity (Wildman–Crippen MR) is 88.0 cm³/mol. The molecule has 0 bridgehead atoms. The van der Waals surface area contributed by atoms with Crippen molar-refractivity contribution < 1.29 is 0 Å². The molecule has 0 saturated carbocycles. The van der Waals surface area contributed by atoms with Gasteiger partial charge in [-0.3, -0.25) is 4.90 Å². The number of hydrogen-bond acceptors (Lipinski definition) is 5. The van der Waals surface area contributed by atoms with Crippen LogP contribution in [0.3, 0.4) is 0 Å². The Morgan fingerprint density at radius 3 is 2.90 bits per heavy atom. The van der Waals surface area contributed by atoms with Crippen LogP contribution in [0.1, 0.15) is 23.9 Å². The first-order chi connectivity index (χ1) is 9.67. The molecule has 2 rings (SSSR count). The summed E-state index contributed by atoms with van der Waals surface area (Å²) in [7, 11) is 2.10. The number of nitrogens with one attached hydrogen (secondary N) is 1. The lowest BCUT2D eigenvalue weighted by Crippen LogP contribution is -2.17. The zero-order valence-electron chi connectivity index (χ0n) is 11.8. The number of aromatic nitrogens is 2. The van der Waals surface area contributed by atoms with Gasteiger partial charge < -0.3 is 5.32 Å². The summed E-state index contributed by atoms with van der Waals surface area (Å²) in [5.74, 6) is 0. The Hall–Kier alpha value is -0.980. The number of hydrogen-bond donors (Lipinski definition) is 1. The second-order valence-corrected chi connectivity index (χ2v) is 6.71. The van der Waals surface area contributed by atoms with Gasteiger partial charge >= 0.3 is 0 Å². The van der Waals surface area contributed by atoms with Gasteiger partial charge in [-0.2, -0.15) is 0 Å². The zero-order chi connectivity index (χ0) is 14.4. The van der Waals surface area contributed by atoms with Crippen LogP contribution in [0.5, 0.6) is 0 Å². The van der Waals surface area contributed by atoms with E-state index in [4.69, 9.17) is 0 Å². The van der Waals surface area contributed by atoms with Crippen molar-refractivity contribution >= 4 is 32.4 Å². The number of rotatable bonds is 7. The first-order valence-electron chi connectivity index (χ1n) is 6.66. The molecule has 0 amide bonds. The van der Waals surface area contributed by atoms with Crippen molar-refractivity contribution in [1.82, 2.24) is 15.1 Å². The van der Waals surface area contributed by atoms with Gasteiger partial charge in [0.25, 0.3) is 0 Å². The summed E-state index contributed by atoms with van der Waals surface area (Å²) in [5.41, 5.74) is 1.29. The second-order valence-electron chi connectivity index (χ2n) is 4.73. The minimum absolute atomic E-state index is 0.817. The van der Waals surface area contributed by atoms with E-state index in [-0.39, 0.29) is 0 Å². The van der Waals surface area contributed by atoms with E-state index >= 15 is 0 Å². The number of halogens is 1.